The number of halogens is 1. The first-order valence-electron chi connectivity index (χ1n) is 7.06. The lowest BCUT2D eigenvalue weighted by Crippen LogP contribution is -2.32. The van der Waals surface area contributed by atoms with Crippen LogP contribution in [0.4, 0.5) is 0 Å². The summed E-state index contributed by atoms with van der Waals surface area (Å²) in [6.45, 7) is 2.93. The second kappa shape index (κ2) is 9.13. The standard InChI is InChI=1S/C16H24BrNO/c1-3-15(14-10-6-4-7-11-14)16(19)18(2)13-9-5-8-12-17/h4,6-7,10-11,15H,3,5,8-9,12-13H2,1-2H3. The van der Waals surface area contributed by atoms with Gasteiger partial charge in [0.15, 0.2) is 0 Å². The van der Waals surface area contributed by atoms with Gasteiger partial charge in [-0.2, -0.15) is 0 Å². The molecule has 106 valence electrons. The van der Waals surface area contributed by atoms with Crippen LogP contribution in [0.2, 0.25) is 0 Å². The minimum absolute atomic E-state index is 0.00220. The van der Waals surface area contributed by atoms with Gasteiger partial charge in [0.2, 0.25) is 5.91 Å². The Balaban J connectivity index is 2.54. The van der Waals surface area contributed by atoms with E-state index in [1.807, 2.05) is 42.3 Å². The largest absolute Gasteiger partial charge is 0.345 e. The number of rotatable bonds is 8. The monoisotopic (exact) mass is 325 g/mol. The number of hydrogen-bond acceptors (Lipinski definition) is 1. The highest BCUT2D eigenvalue weighted by Gasteiger charge is 2.21. The molecule has 0 aromatic heterocycles. The molecule has 0 radical (unpaired) electrons. The van der Waals surface area contributed by atoms with Crippen molar-refractivity contribution in [1.82, 2.24) is 4.90 Å². The molecular weight excluding hydrogens is 302 g/mol. The van der Waals surface area contributed by atoms with Crippen molar-refractivity contribution in [2.24, 2.45) is 0 Å². The fourth-order valence-corrected chi connectivity index (χ4v) is 2.63. The molecule has 0 aliphatic heterocycles. The number of alkyl halides is 1. The van der Waals surface area contributed by atoms with E-state index in [1.165, 1.54) is 12.8 Å². The van der Waals surface area contributed by atoms with Gasteiger partial charge >= 0.3 is 0 Å². The lowest BCUT2D eigenvalue weighted by molar-refractivity contribution is -0.131. The lowest BCUT2D eigenvalue weighted by Gasteiger charge is -2.23. The lowest BCUT2D eigenvalue weighted by atomic mass is 9.95. The fraction of sp³-hybridized carbons (Fsp3) is 0.562. The summed E-state index contributed by atoms with van der Waals surface area (Å²) in [5.74, 6) is 0.245. The van der Waals surface area contributed by atoms with E-state index < -0.39 is 0 Å². The number of nitrogens with zero attached hydrogens (tertiary/aromatic N) is 1. The van der Waals surface area contributed by atoms with Crippen molar-refractivity contribution in [3.63, 3.8) is 0 Å². The molecule has 0 saturated carbocycles. The highest BCUT2D eigenvalue weighted by molar-refractivity contribution is 9.09. The number of carbonyl (C=O) groups is 1. The summed E-state index contributed by atoms with van der Waals surface area (Å²) >= 11 is 3.43. The normalized spacial score (nSPS) is 12.2. The Kier molecular flexibility index (Phi) is 7.80. The second-order valence-corrected chi connectivity index (χ2v) is 5.67. The van der Waals surface area contributed by atoms with E-state index >= 15 is 0 Å². The first kappa shape index (κ1) is 16.2. The van der Waals surface area contributed by atoms with Crippen LogP contribution in [0.15, 0.2) is 30.3 Å². The Hall–Kier alpha value is -0.830. The van der Waals surface area contributed by atoms with Crippen LogP contribution in [0.3, 0.4) is 0 Å². The number of unbranched alkanes of at least 4 members (excludes halogenated alkanes) is 2. The molecule has 1 unspecified atom stereocenters. The zero-order valence-corrected chi connectivity index (χ0v) is 13.5. The summed E-state index contributed by atoms with van der Waals surface area (Å²) in [6, 6.07) is 10.1. The summed E-state index contributed by atoms with van der Waals surface area (Å²) in [5.41, 5.74) is 1.13. The van der Waals surface area contributed by atoms with Gasteiger partial charge in [0.05, 0.1) is 5.92 Å². The van der Waals surface area contributed by atoms with Gasteiger partial charge in [0, 0.05) is 18.9 Å². The molecule has 1 rings (SSSR count). The van der Waals surface area contributed by atoms with Crippen LogP contribution in [-0.4, -0.2) is 29.7 Å². The average Bonchev–Trinajstić information content (AvgIpc) is 2.45. The van der Waals surface area contributed by atoms with Crippen molar-refractivity contribution < 1.29 is 4.79 Å². The van der Waals surface area contributed by atoms with Gasteiger partial charge in [-0.05, 0) is 24.8 Å². The first-order chi connectivity index (χ1) is 9.20. The number of likely N-dealkylation sites (N-methyl/N-ethyl adjacent to an activating group) is 1. The number of amides is 1. The van der Waals surface area contributed by atoms with E-state index in [4.69, 9.17) is 0 Å². The molecule has 0 saturated heterocycles. The van der Waals surface area contributed by atoms with Crippen molar-refractivity contribution >= 4 is 21.8 Å². The van der Waals surface area contributed by atoms with Crippen LogP contribution in [0.1, 0.15) is 44.1 Å². The molecule has 2 nitrogen and oxygen atoms in total. The molecule has 0 aliphatic carbocycles. The van der Waals surface area contributed by atoms with Crippen LogP contribution < -0.4 is 0 Å². The quantitative estimate of drug-likeness (QED) is 0.518. The highest BCUT2D eigenvalue weighted by atomic mass is 79.9. The van der Waals surface area contributed by atoms with Crippen molar-refractivity contribution in [3.05, 3.63) is 35.9 Å². The third-order valence-electron chi connectivity index (χ3n) is 3.41. The number of hydrogen-bond donors (Lipinski definition) is 0. The van der Waals surface area contributed by atoms with Gasteiger partial charge in [-0.3, -0.25) is 4.79 Å². The van der Waals surface area contributed by atoms with Crippen molar-refractivity contribution in [2.75, 3.05) is 18.9 Å². The van der Waals surface area contributed by atoms with Gasteiger partial charge < -0.3 is 4.90 Å². The second-order valence-electron chi connectivity index (χ2n) is 4.88. The SMILES string of the molecule is CCC(C(=O)N(C)CCCCCBr)c1ccccc1. The van der Waals surface area contributed by atoms with Gasteiger partial charge in [0.25, 0.3) is 0 Å². The molecule has 0 bridgehead atoms. The smallest absolute Gasteiger partial charge is 0.229 e. The van der Waals surface area contributed by atoms with Crippen LogP contribution in [0.25, 0.3) is 0 Å². The van der Waals surface area contributed by atoms with Gasteiger partial charge in [-0.15, -0.1) is 0 Å². The Labute approximate surface area is 125 Å². The molecule has 1 aromatic carbocycles. The van der Waals surface area contributed by atoms with Crippen molar-refractivity contribution in [3.8, 4) is 0 Å². The maximum atomic E-state index is 12.5. The average molecular weight is 326 g/mol. The van der Waals surface area contributed by atoms with Gasteiger partial charge in [-0.1, -0.05) is 59.6 Å². The highest BCUT2D eigenvalue weighted by Crippen LogP contribution is 2.21. The molecule has 1 atom stereocenters. The first-order valence-corrected chi connectivity index (χ1v) is 8.18. The van der Waals surface area contributed by atoms with E-state index in [-0.39, 0.29) is 11.8 Å². The molecule has 0 spiro atoms. The summed E-state index contributed by atoms with van der Waals surface area (Å²) in [5, 5.41) is 1.05. The van der Waals surface area contributed by atoms with Crippen molar-refractivity contribution in [2.45, 2.75) is 38.5 Å². The van der Waals surface area contributed by atoms with E-state index in [9.17, 15) is 4.79 Å². The van der Waals surface area contributed by atoms with Gasteiger partial charge in [0.1, 0.15) is 0 Å². The molecule has 3 heteroatoms. The summed E-state index contributed by atoms with van der Waals surface area (Å²) in [6.07, 6.45) is 4.29. The Bertz CT molecular complexity index is 366. The molecule has 0 N–H and O–H groups in total. The maximum Gasteiger partial charge on any atom is 0.229 e. The topological polar surface area (TPSA) is 20.3 Å². The fourth-order valence-electron chi connectivity index (χ4n) is 2.23. The third kappa shape index (κ3) is 5.35. The van der Waals surface area contributed by atoms with E-state index in [1.54, 1.807) is 0 Å². The van der Waals surface area contributed by atoms with E-state index in [0.717, 1.165) is 30.3 Å². The predicted molar refractivity (Wildman–Crippen MR) is 84.8 cm³/mol. The Morgan fingerprint density at radius 3 is 2.47 bits per heavy atom. The molecule has 1 amide bonds. The molecule has 0 fully saturated rings. The molecule has 0 heterocycles. The summed E-state index contributed by atoms with van der Waals surface area (Å²) < 4.78 is 0. The Morgan fingerprint density at radius 1 is 1.21 bits per heavy atom. The van der Waals surface area contributed by atoms with Gasteiger partial charge in [-0.25, -0.2) is 0 Å². The molecule has 0 aliphatic rings. The zero-order chi connectivity index (χ0) is 14.1. The molecular formula is C16H24BrNO. The number of benzene rings is 1. The molecule has 19 heavy (non-hydrogen) atoms. The van der Waals surface area contributed by atoms with Crippen LogP contribution in [0.5, 0.6) is 0 Å². The zero-order valence-electron chi connectivity index (χ0n) is 11.9. The summed E-state index contributed by atoms with van der Waals surface area (Å²) in [4.78, 5) is 14.3. The van der Waals surface area contributed by atoms with E-state index in [2.05, 4.69) is 22.9 Å². The van der Waals surface area contributed by atoms with Crippen LogP contribution in [0, 0.1) is 0 Å². The minimum Gasteiger partial charge on any atom is -0.345 e. The van der Waals surface area contributed by atoms with Crippen molar-refractivity contribution in [1.29, 1.82) is 0 Å². The number of carbonyl (C=O) groups excluding carboxylic acids is 1. The van der Waals surface area contributed by atoms with Crippen LogP contribution >= 0.6 is 15.9 Å². The Morgan fingerprint density at radius 2 is 1.89 bits per heavy atom. The van der Waals surface area contributed by atoms with Crippen LogP contribution in [-0.2, 0) is 4.79 Å². The third-order valence-corrected chi connectivity index (χ3v) is 3.97. The minimum atomic E-state index is 0.00220. The summed E-state index contributed by atoms with van der Waals surface area (Å²) in [7, 11) is 1.92. The molecule has 1 aromatic rings. The van der Waals surface area contributed by atoms with E-state index in [0.29, 0.717) is 0 Å². The maximum absolute atomic E-state index is 12.5. The predicted octanol–water partition coefficient (Wildman–Crippen LogP) is 4.20.